The molecule has 1 aromatic heterocycles. The predicted molar refractivity (Wildman–Crippen MR) is 122 cm³/mol. The molecule has 3 aromatic rings. The van der Waals surface area contributed by atoms with Crippen LogP contribution in [-0.4, -0.2) is 61.5 Å². The summed E-state index contributed by atoms with van der Waals surface area (Å²) in [7, 11) is 1.67. The van der Waals surface area contributed by atoms with Crippen LogP contribution >= 0.6 is 0 Å². The van der Waals surface area contributed by atoms with E-state index in [-0.39, 0.29) is 6.61 Å². The summed E-state index contributed by atoms with van der Waals surface area (Å²) < 4.78 is 11.7. The van der Waals surface area contributed by atoms with Gasteiger partial charge in [0.1, 0.15) is 0 Å². The lowest BCUT2D eigenvalue weighted by Crippen LogP contribution is -2.21. The number of anilines is 1. The molecular formula is C24H31N3O3. The van der Waals surface area contributed by atoms with Gasteiger partial charge in [0.05, 0.1) is 30.4 Å². The van der Waals surface area contributed by atoms with E-state index in [9.17, 15) is 0 Å². The minimum atomic E-state index is 0.159. The zero-order valence-corrected chi connectivity index (χ0v) is 17.7. The number of hydrogen-bond acceptors (Lipinski definition) is 6. The highest BCUT2D eigenvalue weighted by atomic mass is 16.5. The summed E-state index contributed by atoms with van der Waals surface area (Å²) in [4.78, 5) is 7.36. The molecule has 0 aliphatic carbocycles. The van der Waals surface area contributed by atoms with Crippen molar-refractivity contribution in [1.29, 1.82) is 0 Å². The van der Waals surface area contributed by atoms with Gasteiger partial charge in [-0.1, -0.05) is 18.2 Å². The second-order valence-electron chi connectivity index (χ2n) is 7.78. The van der Waals surface area contributed by atoms with Crippen molar-refractivity contribution >= 4 is 27.5 Å². The summed E-state index contributed by atoms with van der Waals surface area (Å²) in [5.74, 6) is 1.45. The van der Waals surface area contributed by atoms with Crippen molar-refractivity contribution in [2.45, 2.75) is 25.7 Å². The number of ether oxygens (including phenoxy) is 2. The molecule has 0 spiro atoms. The smallest absolute Gasteiger partial charge is 0.163 e. The molecule has 0 bridgehead atoms. The highest BCUT2D eigenvalue weighted by Gasteiger charge is 2.15. The molecule has 1 aliphatic rings. The number of aromatic nitrogens is 1. The minimum absolute atomic E-state index is 0.159. The Kier molecular flexibility index (Phi) is 6.87. The number of nitrogens with zero attached hydrogens (tertiary/aromatic N) is 2. The lowest BCUT2D eigenvalue weighted by Gasteiger charge is -2.17. The quantitative estimate of drug-likeness (QED) is 0.389. The number of benzene rings is 2. The van der Waals surface area contributed by atoms with E-state index in [1.54, 1.807) is 7.11 Å². The molecule has 2 N–H and O–H groups in total. The second-order valence-corrected chi connectivity index (χ2v) is 7.78. The third-order valence-electron chi connectivity index (χ3n) is 5.68. The van der Waals surface area contributed by atoms with Crippen molar-refractivity contribution in [2.24, 2.45) is 0 Å². The summed E-state index contributed by atoms with van der Waals surface area (Å²) in [6, 6.07) is 12.1. The van der Waals surface area contributed by atoms with Crippen molar-refractivity contribution in [1.82, 2.24) is 9.88 Å². The molecule has 6 nitrogen and oxygen atoms in total. The number of rotatable bonds is 10. The van der Waals surface area contributed by atoms with Crippen LogP contribution in [0.4, 0.5) is 5.69 Å². The number of fused-ring (bicyclic) bond motifs is 2. The zero-order chi connectivity index (χ0) is 20.8. The minimum Gasteiger partial charge on any atom is -0.493 e. The average Bonchev–Trinajstić information content (AvgIpc) is 3.29. The van der Waals surface area contributed by atoms with Gasteiger partial charge in [-0.25, -0.2) is 4.98 Å². The van der Waals surface area contributed by atoms with Gasteiger partial charge in [-0.3, -0.25) is 0 Å². The van der Waals surface area contributed by atoms with Crippen molar-refractivity contribution in [3.63, 3.8) is 0 Å². The standard InChI is InChI=1S/C24H31N3O3/c1-29-22-16-19-21(17-23(22)30-15-7-13-27-11-4-5-12-27)26-20-9-3-2-8-18(20)24(19)25-10-6-14-28/h2-3,8-9,16-17,28H,4-7,10-15H2,1H3,(H,25,26). The molecule has 0 saturated carbocycles. The molecule has 6 heteroatoms. The van der Waals surface area contributed by atoms with Gasteiger partial charge in [0, 0.05) is 36.5 Å². The molecule has 0 radical (unpaired) electrons. The fourth-order valence-electron chi connectivity index (χ4n) is 4.13. The SMILES string of the molecule is COc1cc2c(NCCCO)c3ccccc3nc2cc1OCCCN1CCCC1. The Hall–Kier alpha value is -2.57. The van der Waals surface area contributed by atoms with Crippen LogP contribution in [0.3, 0.4) is 0 Å². The lowest BCUT2D eigenvalue weighted by molar-refractivity contribution is 0.254. The van der Waals surface area contributed by atoms with E-state index in [2.05, 4.69) is 16.3 Å². The maximum Gasteiger partial charge on any atom is 0.163 e. The normalized spacial score (nSPS) is 14.5. The largest absolute Gasteiger partial charge is 0.493 e. The molecule has 4 rings (SSSR count). The second kappa shape index (κ2) is 9.96. The molecule has 30 heavy (non-hydrogen) atoms. The first kappa shape index (κ1) is 20.7. The first-order valence-corrected chi connectivity index (χ1v) is 10.9. The molecule has 0 amide bonds. The number of likely N-dealkylation sites (tertiary alicyclic amines) is 1. The van der Waals surface area contributed by atoms with Crippen LogP contribution in [0, 0.1) is 0 Å². The van der Waals surface area contributed by atoms with Gasteiger partial charge in [-0.05, 0) is 50.9 Å². The van der Waals surface area contributed by atoms with E-state index in [4.69, 9.17) is 19.6 Å². The molecule has 0 atom stereocenters. The number of methoxy groups -OCH3 is 1. The van der Waals surface area contributed by atoms with Gasteiger partial charge in [0.15, 0.2) is 11.5 Å². The van der Waals surface area contributed by atoms with E-state index < -0.39 is 0 Å². The molecule has 2 heterocycles. The van der Waals surface area contributed by atoms with E-state index in [1.165, 1.54) is 25.9 Å². The number of aliphatic hydroxyl groups is 1. The van der Waals surface area contributed by atoms with Crippen molar-refractivity contribution in [3.05, 3.63) is 36.4 Å². The van der Waals surface area contributed by atoms with Gasteiger partial charge >= 0.3 is 0 Å². The van der Waals surface area contributed by atoms with Crippen LogP contribution in [0.15, 0.2) is 36.4 Å². The summed E-state index contributed by atoms with van der Waals surface area (Å²) >= 11 is 0. The Balaban J connectivity index is 1.61. The van der Waals surface area contributed by atoms with Crippen molar-refractivity contribution < 1.29 is 14.6 Å². The van der Waals surface area contributed by atoms with Crippen LogP contribution in [0.1, 0.15) is 25.7 Å². The van der Waals surface area contributed by atoms with Crippen LogP contribution in [-0.2, 0) is 0 Å². The number of para-hydroxylation sites is 1. The molecule has 1 fully saturated rings. The molecule has 0 unspecified atom stereocenters. The Morgan fingerprint density at radius 3 is 2.67 bits per heavy atom. The maximum absolute atomic E-state index is 9.17. The monoisotopic (exact) mass is 409 g/mol. The fraction of sp³-hybridized carbons (Fsp3) is 0.458. The van der Waals surface area contributed by atoms with Gasteiger partial charge in [-0.15, -0.1) is 0 Å². The molecule has 1 aliphatic heterocycles. The fourth-order valence-corrected chi connectivity index (χ4v) is 4.13. The Morgan fingerprint density at radius 2 is 1.87 bits per heavy atom. The zero-order valence-electron chi connectivity index (χ0n) is 17.7. The average molecular weight is 410 g/mol. The van der Waals surface area contributed by atoms with Crippen LogP contribution in [0.2, 0.25) is 0 Å². The molecule has 160 valence electrons. The van der Waals surface area contributed by atoms with E-state index in [0.29, 0.717) is 25.3 Å². The predicted octanol–water partition coefficient (Wildman–Crippen LogP) is 4.06. The van der Waals surface area contributed by atoms with E-state index in [1.807, 2.05) is 30.3 Å². The lowest BCUT2D eigenvalue weighted by atomic mass is 10.1. The van der Waals surface area contributed by atoms with Gasteiger partial charge < -0.3 is 24.8 Å². The third-order valence-corrected chi connectivity index (χ3v) is 5.68. The number of pyridine rings is 1. The van der Waals surface area contributed by atoms with Crippen LogP contribution in [0.25, 0.3) is 21.8 Å². The Bertz CT molecular complexity index is 986. The summed E-state index contributed by atoms with van der Waals surface area (Å²) in [6.45, 7) is 5.01. The van der Waals surface area contributed by atoms with Gasteiger partial charge in [-0.2, -0.15) is 0 Å². The van der Waals surface area contributed by atoms with E-state index in [0.717, 1.165) is 46.2 Å². The number of hydrogen-bond donors (Lipinski definition) is 2. The molecular weight excluding hydrogens is 378 g/mol. The highest BCUT2D eigenvalue weighted by Crippen LogP contribution is 2.38. The number of aliphatic hydroxyl groups excluding tert-OH is 1. The first-order chi connectivity index (χ1) is 14.8. The molecule has 1 saturated heterocycles. The number of nitrogens with one attached hydrogen (secondary N) is 1. The van der Waals surface area contributed by atoms with E-state index >= 15 is 0 Å². The summed E-state index contributed by atoms with van der Waals surface area (Å²) in [5.41, 5.74) is 2.82. The highest BCUT2D eigenvalue weighted by molar-refractivity contribution is 6.08. The summed E-state index contributed by atoms with van der Waals surface area (Å²) in [5, 5.41) is 14.7. The van der Waals surface area contributed by atoms with Gasteiger partial charge in [0.2, 0.25) is 0 Å². The topological polar surface area (TPSA) is 66.8 Å². The van der Waals surface area contributed by atoms with Gasteiger partial charge in [0.25, 0.3) is 0 Å². The van der Waals surface area contributed by atoms with Crippen LogP contribution < -0.4 is 14.8 Å². The van der Waals surface area contributed by atoms with Crippen molar-refractivity contribution in [3.8, 4) is 11.5 Å². The molecule has 2 aromatic carbocycles. The first-order valence-electron chi connectivity index (χ1n) is 10.9. The summed E-state index contributed by atoms with van der Waals surface area (Å²) in [6.07, 6.45) is 4.31. The third kappa shape index (κ3) is 4.60. The Morgan fingerprint density at radius 1 is 1.03 bits per heavy atom. The van der Waals surface area contributed by atoms with Crippen molar-refractivity contribution in [2.75, 3.05) is 51.8 Å². The maximum atomic E-state index is 9.17. The Labute approximate surface area is 177 Å². The van der Waals surface area contributed by atoms with Crippen LogP contribution in [0.5, 0.6) is 11.5 Å².